The minimum absolute atomic E-state index is 0.895. The second kappa shape index (κ2) is 3.96. The molecule has 3 heteroatoms. The molecule has 0 spiro atoms. The summed E-state index contributed by atoms with van der Waals surface area (Å²) in [4.78, 5) is 1.84. The van der Waals surface area contributed by atoms with Crippen molar-refractivity contribution in [1.82, 2.24) is 9.89 Å². The minimum atomic E-state index is 0.895. The average molecular weight is 187 g/mol. The highest BCUT2D eigenvalue weighted by molar-refractivity contribution is 5.44. The Balaban J connectivity index is 2.31. The Morgan fingerprint density at radius 2 is 2.00 bits per heavy atom. The zero-order chi connectivity index (χ0) is 9.80. The standard InChI is InChI=1S/C11H13N3/c1-2-13(14-10-6-9-12-14)11-7-4-3-5-8-11/h3-10H,2H2,1H3. The molecule has 2 aromatic rings. The van der Waals surface area contributed by atoms with Gasteiger partial charge in [0.1, 0.15) is 0 Å². The Labute approximate surface area is 83.6 Å². The highest BCUT2D eigenvalue weighted by Gasteiger charge is 2.04. The SMILES string of the molecule is CCN(c1ccccc1)n1cccn1. The number of aromatic nitrogens is 2. The van der Waals surface area contributed by atoms with Gasteiger partial charge in [0.25, 0.3) is 0 Å². The summed E-state index contributed by atoms with van der Waals surface area (Å²) in [6.45, 7) is 3.00. The van der Waals surface area contributed by atoms with Crippen LogP contribution in [0, 0.1) is 0 Å². The fourth-order valence-electron chi connectivity index (χ4n) is 1.45. The van der Waals surface area contributed by atoms with E-state index in [0.717, 1.165) is 12.2 Å². The van der Waals surface area contributed by atoms with Gasteiger partial charge in [-0.05, 0) is 25.1 Å². The van der Waals surface area contributed by atoms with E-state index in [0.29, 0.717) is 0 Å². The highest BCUT2D eigenvalue weighted by Crippen LogP contribution is 2.12. The van der Waals surface area contributed by atoms with E-state index >= 15 is 0 Å². The lowest BCUT2D eigenvalue weighted by Crippen LogP contribution is -2.29. The number of hydrogen-bond acceptors (Lipinski definition) is 2. The smallest absolute Gasteiger partial charge is 0.0593 e. The molecule has 0 fully saturated rings. The van der Waals surface area contributed by atoms with Gasteiger partial charge in [0.05, 0.1) is 11.9 Å². The molecule has 0 aliphatic rings. The number of rotatable bonds is 3. The largest absolute Gasteiger partial charge is 0.266 e. The van der Waals surface area contributed by atoms with E-state index in [1.807, 2.05) is 35.3 Å². The molecule has 0 amide bonds. The number of benzene rings is 1. The van der Waals surface area contributed by atoms with Gasteiger partial charge < -0.3 is 0 Å². The van der Waals surface area contributed by atoms with E-state index in [4.69, 9.17) is 0 Å². The Bertz CT molecular complexity index is 367. The first-order chi connectivity index (χ1) is 6.92. The van der Waals surface area contributed by atoms with Gasteiger partial charge in [-0.2, -0.15) is 9.89 Å². The lowest BCUT2D eigenvalue weighted by atomic mass is 10.3. The van der Waals surface area contributed by atoms with Crippen molar-refractivity contribution in [3.05, 3.63) is 48.8 Å². The topological polar surface area (TPSA) is 21.1 Å². The summed E-state index contributed by atoms with van der Waals surface area (Å²) >= 11 is 0. The minimum Gasteiger partial charge on any atom is -0.266 e. The van der Waals surface area contributed by atoms with E-state index in [1.54, 1.807) is 6.20 Å². The molecule has 0 unspecified atom stereocenters. The van der Waals surface area contributed by atoms with Crippen LogP contribution in [-0.4, -0.2) is 16.4 Å². The summed E-state index contributed by atoms with van der Waals surface area (Å²) in [6, 6.07) is 12.1. The molecule has 0 saturated carbocycles. The quantitative estimate of drug-likeness (QED) is 0.734. The summed E-state index contributed by atoms with van der Waals surface area (Å²) in [6.07, 6.45) is 3.72. The highest BCUT2D eigenvalue weighted by atomic mass is 15.6. The molecule has 14 heavy (non-hydrogen) atoms. The van der Waals surface area contributed by atoms with Gasteiger partial charge in [0, 0.05) is 12.7 Å². The van der Waals surface area contributed by atoms with Crippen LogP contribution in [0.25, 0.3) is 0 Å². The van der Waals surface area contributed by atoms with Crippen molar-refractivity contribution < 1.29 is 0 Å². The fourth-order valence-corrected chi connectivity index (χ4v) is 1.45. The van der Waals surface area contributed by atoms with Gasteiger partial charge in [-0.1, -0.05) is 18.2 Å². The van der Waals surface area contributed by atoms with E-state index in [1.165, 1.54) is 0 Å². The molecule has 2 rings (SSSR count). The van der Waals surface area contributed by atoms with Gasteiger partial charge in [-0.15, -0.1) is 0 Å². The van der Waals surface area contributed by atoms with Crippen LogP contribution in [0.1, 0.15) is 6.92 Å². The molecular formula is C11H13N3. The molecule has 0 radical (unpaired) electrons. The first-order valence-electron chi connectivity index (χ1n) is 4.74. The van der Waals surface area contributed by atoms with Crippen molar-refractivity contribution in [1.29, 1.82) is 0 Å². The van der Waals surface area contributed by atoms with Crippen molar-refractivity contribution in [2.24, 2.45) is 0 Å². The molecule has 1 aromatic heterocycles. The molecule has 0 saturated heterocycles. The molecule has 0 aliphatic heterocycles. The van der Waals surface area contributed by atoms with E-state index in [9.17, 15) is 0 Å². The van der Waals surface area contributed by atoms with Crippen LogP contribution in [0.2, 0.25) is 0 Å². The summed E-state index contributed by atoms with van der Waals surface area (Å²) in [5.41, 5.74) is 1.15. The van der Waals surface area contributed by atoms with Crippen molar-refractivity contribution in [3.8, 4) is 0 Å². The van der Waals surface area contributed by atoms with Gasteiger partial charge in [0.15, 0.2) is 0 Å². The van der Waals surface area contributed by atoms with E-state index in [-0.39, 0.29) is 0 Å². The van der Waals surface area contributed by atoms with Crippen LogP contribution in [0.5, 0.6) is 0 Å². The summed E-state index contributed by atoms with van der Waals surface area (Å²) < 4.78 is 0. The second-order valence-electron chi connectivity index (χ2n) is 2.98. The molecule has 3 nitrogen and oxygen atoms in total. The Morgan fingerprint density at radius 1 is 1.21 bits per heavy atom. The lowest BCUT2D eigenvalue weighted by Gasteiger charge is -2.22. The third kappa shape index (κ3) is 1.62. The maximum absolute atomic E-state index is 4.21. The van der Waals surface area contributed by atoms with Gasteiger partial charge in [0.2, 0.25) is 0 Å². The summed E-state index contributed by atoms with van der Waals surface area (Å²) in [7, 11) is 0. The van der Waals surface area contributed by atoms with Gasteiger partial charge in [-0.3, -0.25) is 5.01 Å². The van der Waals surface area contributed by atoms with Crippen molar-refractivity contribution in [2.75, 3.05) is 11.6 Å². The molecule has 0 atom stereocenters. The maximum Gasteiger partial charge on any atom is 0.0593 e. The second-order valence-corrected chi connectivity index (χ2v) is 2.98. The van der Waals surface area contributed by atoms with E-state index < -0.39 is 0 Å². The molecule has 1 heterocycles. The first kappa shape index (κ1) is 8.81. The number of anilines is 1. The van der Waals surface area contributed by atoms with Crippen LogP contribution in [0.4, 0.5) is 5.69 Å². The zero-order valence-electron chi connectivity index (χ0n) is 8.17. The zero-order valence-corrected chi connectivity index (χ0v) is 8.17. The van der Waals surface area contributed by atoms with Crippen molar-refractivity contribution in [3.63, 3.8) is 0 Å². The summed E-state index contributed by atoms with van der Waals surface area (Å²) in [5, 5.41) is 6.30. The maximum atomic E-state index is 4.21. The van der Waals surface area contributed by atoms with Gasteiger partial charge in [-0.25, -0.2) is 0 Å². The predicted octanol–water partition coefficient (Wildman–Crippen LogP) is 2.17. The normalized spacial score (nSPS) is 10.1. The lowest BCUT2D eigenvalue weighted by molar-refractivity contribution is 0.630. The number of para-hydroxylation sites is 1. The number of hydrogen-bond donors (Lipinski definition) is 0. The van der Waals surface area contributed by atoms with Crippen LogP contribution < -0.4 is 5.01 Å². The summed E-state index contributed by atoms with van der Waals surface area (Å²) in [5.74, 6) is 0. The molecule has 0 aliphatic carbocycles. The van der Waals surface area contributed by atoms with Crippen LogP contribution in [-0.2, 0) is 0 Å². The third-order valence-corrected chi connectivity index (χ3v) is 2.09. The Hall–Kier alpha value is -1.77. The van der Waals surface area contributed by atoms with Crippen LogP contribution >= 0.6 is 0 Å². The molecule has 72 valence electrons. The monoisotopic (exact) mass is 187 g/mol. The first-order valence-corrected chi connectivity index (χ1v) is 4.74. The van der Waals surface area contributed by atoms with Crippen LogP contribution in [0.3, 0.4) is 0 Å². The fraction of sp³-hybridized carbons (Fsp3) is 0.182. The average Bonchev–Trinajstić information content (AvgIpc) is 2.74. The molecule has 0 bridgehead atoms. The van der Waals surface area contributed by atoms with Gasteiger partial charge >= 0.3 is 0 Å². The third-order valence-electron chi connectivity index (χ3n) is 2.09. The predicted molar refractivity (Wildman–Crippen MR) is 57.1 cm³/mol. The molecule has 1 aromatic carbocycles. The molecular weight excluding hydrogens is 174 g/mol. The van der Waals surface area contributed by atoms with E-state index in [2.05, 4.69) is 29.2 Å². The van der Waals surface area contributed by atoms with Crippen molar-refractivity contribution >= 4 is 5.69 Å². The Kier molecular flexibility index (Phi) is 2.49. The number of nitrogens with zero attached hydrogens (tertiary/aromatic N) is 3. The molecule has 0 N–H and O–H groups in total. The van der Waals surface area contributed by atoms with Crippen molar-refractivity contribution in [2.45, 2.75) is 6.92 Å². The van der Waals surface area contributed by atoms with Crippen LogP contribution in [0.15, 0.2) is 48.8 Å². The Morgan fingerprint density at radius 3 is 2.57 bits per heavy atom.